The first-order valence-electron chi connectivity index (χ1n) is 22.1. The van der Waals surface area contributed by atoms with E-state index in [-0.39, 0.29) is 56.8 Å². The van der Waals surface area contributed by atoms with Gasteiger partial charge < -0.3 is 63.9 Å². The number of guanidine groups is 1. The highest BCUT2D eigenvalue weighted by molar-refractivity contribution is 5.97. The lowest BCUT2D eigenvalue weighted by Gasteiger charge is -2.27. The molecule has 1 heterocycles. The zero-order valence-electron chi connectivity index (χ0n) is 38.2. The summed E-state index contributed by atoms with van der Waals surface area (Å²) in [7, 11) is 0. The van der Waals surface area contributed by atoms with Gasteiger partial charge in [-0.25, -0.2) is 9.78 Å². The molecule has 0 aliphatic rings. The minimum absolute atomic E-state index is 0.00142. The fourth-order valence-corrected chi connectivity index (χ4v) is 6.98. The number of hydrogen-bond donors (Lipinski definition) is 13. The number of carboxylic acid groups (broad SMARTS) is 1. The standard InChI is InChI=1S/C47H62N12O9/c1-27(2)39(45(66)58-38(46(67)68)23-30-13-8-5-9-14-30)59-40(61)28(3)54-43(64)36(22-29-11-6-4-7-12-29)57-42(63)35(15-10-20-52-47(49)50)55-44(65)37(24-32-25-51-26-53-32)56-41(62)34(48)21-31-16-18-33(60)19-17-31/h4-9,11-14,16-19,25-28,34-39,60H,10,15,20-24,48H2,1-3H3,(H,51,53)(H,54,64)(H,55,65)(H,56,62)(H,57,63)(H,58,66)(H,59,61)(H,67,68)(H4,49,50,52)/t28-,34-,35-,36-,37-,38-,39-/m0/s1. The van der Waals surface area contributed by atoms with Crippen LogP contribution in [0.3, 0.4) is 0 Å². The fourth-order valence-electron chi connectivity index (χ4n) is 6.98. The Hall–Kier alpha value is -7.81. The minimum Gasteiger partial charge on any atom is -0.508 e. The van der Waals surface area contributed by atoms with E-state index in [9.17, 15) is 43.8 Å². The molecule has 21 nitrogen and oxygen atoms in total. The summed E-state index contributed by atoms with van der Waals surface area (Å²) in [6, 6.07) is 14.8. The third-order valence-corrected chi connectivity index (χ3v) is 10.8. The first kappa shape index (κ1) is 52.8. The summed E-state index contributed by atoms with van der Waals surface area (Å²) < 4.78 is 0. The molecule has 0 fully saturated rings. The second-order valence-corrected chi connectivity index (χ2v) is 16.6. The van der Waals surface area contributed by atoms with Crippen molar-refractivity contribution >= 4 is 47.4 Å². The topological polar surface area (TPSA) is 349 Å². The van der Waals surface area contributed by atoms with Gasteiger partial charge in [-0.1, -0.05) is 86.6 Å². The molecular formula is C47H62N12O9. The highest BCUT2D eigenvalue weighted by atomic mass is 16.4. The van der Waals surface area contributed by atoms with Gasteiger partial charge in [-0.15, -0.1) is 0 Å². The smallest absolute Gasteiger partial charge is 0.326 e. The predicted molar refractivity (Wildman–Crippen MR) is 251 cm³/mol. The Bertz CT molecular complexity index is 2300. The molecule has 6 amide bonds. The Kier molecular flexibility index (Phi) is 20.5. The van der Waals surface area contributed by atoms with E-state index in [1.54, 1.807) is 86.6 Å². The number of carbonyl (C=O) groups is 7. The molecular weight excluding hydrogens is 877 g/mol. The number of amides is 6. The number of phenols is 1. The average molecular weight is 939 g/mol. The fraction of sp³-hybridized carbons (Fsp3) is 0.383. The van der Waals surface area contributed by atoms with E-state index < -0.39 is 89.6 Å². The van der Waals surface area contributed by atoms with Crippen LogP contribution < -0.4 is 48.7 Å². The molecule has 0 saturated heterocycles. The molecule has 4 rings (SSSR count). The number of carboxylic acids is 1. The number of aromatic hydroxyl groups is 1. The third-order valence-electron chi connectivity index (χ3n) is 10.8. The number of aliphatic carboxylic acids is 1. The Balaban J connectivity index is 1.51. The van der Waals surface area contributed by atoms with Gasteiger partial charge in [0.1, 0.15) is 42.0 Å². The van der Waals surface area contributed by atoms with Gasteiger partial charge in [0, 0.05) is 32.0 Å². The highest BCUT2D eigenvalue weighted by Crippen LogP contribution is 2.13. The van der Waals surface area contributed by atoms with Crippen LogP contribution in [0.15, 0.2) is 97.5 Å². The number of aromatic nitrogens is 2. The van der Waals surface area contributed by atoms with Crippen molar-refractivity contribution in [3.05, 3.63) is 120 Å². The molecule has 21 heteroatoms. The summed E-state index contributed by atoms with van der Waals surface area (Å²) in [6.45, 7) is 4.86. The predicted octanol–water partition coefficient (Wildman–Crippen LogP) is -0.354. The van der Waals surface area contributed by atoms with E-state index in [2.05, 4.69) is 47.2 Å². The van der Waals surface area contributed by atoms with Crippen LogP contribution in [0.25, 0.3) is 0 Å². The number of hydrogen-bond acceptors (Lipinski definition) is 11. The van der Waals surface area contributed by atoms with Crippen LogP contribution >= 0.6 is 0 Å². The van der Waals surface area contributed by atoms with E-state index in [4.69, 9.17) is 16.9 Å². The molecule has 0 spiro atoms. The largest absolute Gasteiger partial charge is 0.508 e. The molecule has 0 bridgehead atoms. The SMILES string of the molecule is CC(C)[C@H](NC(=O)[C@H](C)NC(=O)[C@H](Cc1ccccc1)NC(=O)[C@H](CCCNC(=N)N)NC(=O)[C@H](Cc1c[nH]cn1)NC(=O)[C@@H](N)Cc1ccc(O)cc1)C(=O)N[C@@H](Cc1ccccc1)C(=O)O. The van der Waals surface area contributed by atoms with Crippen molar-refractivity contribution in [2.24, 2.45) is 17.4 Å². The number of nitrogens with one attached hydrogen (secondary N) is 9. The molecule has 1 aromatic heterocycles. The molecule has 15 N–H and O–H groups in total. The molecule has 4 aromatic rings. The van der Waals surface area contributed by atoms with Crippen molar-refractivity contribution in [2.45, 2.75) is 102 Å². The molecule has 0 aliphatic carbocycles. The summed E-state index contributed by atoms with van der Waals surface area (Å²) in [6.07, 6.45) is 3.06. The quantitative estimate of drug-likeness (QED) is 0.0218. The summed E-state index contributed by atoms with van der Waals surface area (Å²) >= 11 is 0. The maximum Gasteiger partial charge on any atom is 0.326 e. The van der Waals surface area contributed by atoms with Crippen LogP contribution in [-0.2, 0) is 59.2 Å². The number of imidazole rings is 1. The van der Waals surface area contributed by atoms with Gasteiger partial charge in [0.05, 0.1) is 18.1 Å². The van der Waals surface area contributed by atoms with Crippen molar-refractivity contribution in [1.29, 1.82) is 5.41 Å². The second kappa shape index (κ2) is 26.4. The Morgan fingerprint density at radius 2 is 1.15 bits per heavy atom. The van der Waals surface area contributed by atoms with E-state index >= 15 is 0 Å². The van der Waals surface area contributed by atoms with Gasteiger partial charge in [0.15, 0.2) is 5.96 Å². The van der Waals surface area contributed by atoms with E-state index in [0.29, 0.717) is 22.4 Å². The number of aromatic amines is 1. The number of benzene rings is 3. The van der Waals surface area contributed by atoms with Gasteiger partial charge in [0.25, 0.3) is 0 Å². The van der Waals surface area contributed by atoms with Crippen molar-refractivity contribution < 1.29 is 43.8 Å². The lowest BCUT2D eigenvalue weighted by molar-refractivity contribution is -0.142. The Morgan fingerprint density at radius 1 is 0.632 bits per heavy atom. The summed E-state index contributed by atoms with van der Waals surface area (Å²) in [5.74, 6) is -6.55. The zero-order valence-corrected chi connectivity index (χ0v) is 38.2. The van der Waals surface area contributed by atoms with Gasteiger partial charge in [-0.2, -0.15) is 0 Å². The van der Waals surface area contributed by atoms with Crippen molar-refractivity contribution in [2.75, 3.05) is 6.54 Å². The van der Waals surface area contributed by atoms with Crippen molar-refractivity contribution in [3.63, 3.8) is 0 Å². The molecule has 364 valence electrons. The normalized spacial score (nSPS) is 14.1. The van der Waals surface area contributed by atoms with Crippen LogP contribution in [0.2, 0.25) is 0 Å². The molecule has 7 atom stereocenters. The van der Waals surface area contributed by atoms with E-state index in [1.807, 2.05) is 0 Å². The number of rotatable bonds is 26. The first-order chi connectivity index (χ1) is 32.4. The third kappa shape index (κ3) is 17.5. The first-order valence-corrected chi connectivity index (χ1v) is 22.1. The van der Waals surface area contributed by atoms with Crippen LogP contribution in [-0.4, -0.2) is 116 Å². The molecule has 0 unspecified atom stereocenters. The Labute approximate surface area is 393 Å². The van der Waals surface area contributed by atoms with Crippen LogP contribution in [0.5, 0.6) is 5.75 Å². The summed E-state index contributed by atoms with van der Waals surface area (Å²) in [5, 5.41) is 45.5. The maximum absolute atomic E-state index is 14.3. The molecule has 68 heavy (non-hydrogen) atoms. The second-order valence-electron chi connectivity index (χ2n) is 16.6. The molecule has 0 aliphatic heterocycles. The van der Waals surface area contributed by atoms with Crippen LogP contribution in [0, 0.1) is 11.3 Å². The minimum atomic E-state index is -1.31. The zero-order chi connectivity index (χ0) is 49.8. The molecule has 0 saturated carbocycles. The van der Waals surface area contributed by atoms with Crippen molar-refractivity contribution in [1.82, 2.24) is 47.2 Å². The summed E-state index contributed by atoms with van der Waals surface area (Å²) in [5.41, 5.74) is 14.1. The lowest BCUT2D eigenvalue weighted by atomic mass is 10.0. The Morgan fingerprint density at radius 3 is 1.71 bits per heavy atom. The number of nitrogens with two attached hydrogens (primary N) is 2. The molecule has 3 aromatic carbocycles. The number of phenolic OH excluding ortho intramolecular Hbond substituents is 1. The number of H-pyrrole nitrogens is 1. The van der Waals surface area contributed by atoms with Gasteiger partial charge in [0.2, 0.25) is 35.4 Å². The van der Waals surface area contributed by atoms with Crippen LogP contribution in [0.1, 0.15) is 56.0 Å². The van der Waals surface area contributed by atoms with E-state index in [1.165, 1.54) is 31.6 Å². The lowest BCUT2D eigenvalue weighted by Crippen LogP contribution is -2.60. The summed E-state index contributed by atoms with van der Waals surface area (Å²) in [4.78, 5) is 102. The maximum atomic E-state index is 14.3. The monoisotopic (exact) mass is 938 g/mol. The number of nitrogens with zero attached hydrogens (tertiary/aromatic N) is 1. The van der Waals surface area contributed by atoms with Crippen molar-refractivity contribution in [3.8, 4) is 5.75 Å². The van der Waals surface area contributed by atoms with E-state index in [0.717, 1.165) is 0 Å². The average Bonchev–Trinajstić information content (AvgIpc) is 3.82. The van der Waals surface area contributed by atoms with Gasteiger partial charge in [-0.05, 0) is 60.9 Å². The highest BCUT2D eigenvalue weighted by Gasteiger charge is 2.34. The van der Waals surface area contributed by atoms with Gasteiger partial charge in [-0.3, -0.25) is 34.2 Å². The number of carbonyl (C=O) groups excluding carboxylic acids is 6. The van der Waals surface area contributed by atoms with Crippen LogP contribution in [0.4, 0.5) is 0 Å². The molecule has 0 radical (unpaired) electrons. The van der Waals surface area contributed by atoms with Gasteiger partial charge >= 0.3 is 5.97 Å².